The standard InChI is InChI=1S/C23H25FN4O/c1-15(28-22-5-3-2-4-21(22)25-26-28)12-23(29)27-19-10-11-20(27)14-17(13-19)16-6-8-18(24)9-7-16/h2-9,15,17,19-20H,10-14H2,1H3. The first-order chi connectivity index (χ1) is 14.1. The van der Waals surface area contributed by atoms with E-state index in [-0.39, 0.29) is 29.8 Å². The van der Waals surface area contributed by atoms with Crippen LogP contribution in [0, 0.1) is 5.82 Å². The van der Waals surface area contributed by atoms with Crippen molar-refractivity contribution in [1.29, 1.82) is 0 Å². The number of carbonyl (C=O) groups is 1. The van der Waals surface area contributed by atoms with E-state index in [0.29, 0.717) is 12.3 Å². The second-order valence-corrected chi connectivity index (χ2v) is 8.48. The summed E-state index contributed by atoms with van der Waals surface area (Å²) in [7, 11) is 0. The monoisotopic (exact) mass is 392 g/mol. The molecule has 3 aromatic rings. The molecule has 3 unspecified atom stereocenters. The molecular weight excluding hydrogens is 367 g/mol. The van der Waals surface area contributed by atoms with Crippen molar-refractivity contribution in [3.05, 3.63) is 59.9 Å². The number of piperidine rings is 1. The summed E-state index contributed by atoms with van der Waals surface area (Å²) >= 11 is 0. The Morgan fingerprint density at radius 2 is 1.79 bits per heavy atom. The van der Waals surface area contributed by atoms with E-state index in [9.17, 15) is 9.18 Å². The summed E-state index contributed by atoms with van der Waals surface area (Å²) in [6, 6.07) is 15.3. The van der Waals surface area contributed by atoms with Crippen LogP contribution in [0.4, 0.5) is 4.39 Å². The molecule has 2 bridgehead atoms. The molecule has 0 N–H and O–H groups in total. The Bertz CT molecular complexity index is 1020. The van der Waals surface area contributed by atoms with Crippen LogP contribution in [0.3, 0.4) is 0 Å². The van der Waals surface area contributed by atoms with Gasteiger partial charge in [-0.2, -0.15) is 0 Å². The highest BCUT2D eigenvalue weighted by Gasteiger charge is 2.43. The van der Waals surface area contributed by atoms with Gasteiger partial charge in [-0.15, -0.1) is 5.10 Å². The van der Waals surface area contributed by atoms with Crippen LogP contribution in [0.1, 0.15) is 56.6 Å². The quantitative estimate of drug-likeness (QED) is 0.659. The fourth-order valence-electron chi connectivity index (χ4n) is 5.25. The molecule has 2 saturated heterocycles. The lowest BCUT2D eigenvalue weighted by atomic mass is 9.85. The number of para-hydroxylation sites is 1. The fourth-order valence-corrected chi connectivity index (χ4v) is 5.25. The van der Waals surface area contributed by atoms with Crippen LogP contribution < -0.4 is 0 Å². The summed E-state index contributed by atoms with van der Waals surface area (Å²) < 4.78 is 15.1. The number of hydrogen-bond donors (Lipinski definition) is 0. The highest BCUT2D eigenvalue weighted by Crippen LogP contribution is 2.43. The summed E-state index contributed by atoms with van der Waals surface area (Å²) in [6.07, 6.45) is 4.49. The van der Waals surface area contributed by atoms with Gasteiger partial charge in [0, 0.05) is 18.5 Å². The van der Waals surface area contributed by atoms with E-state index in [4.69, 9.17) is 0 Å². The van der Waals surface area contributed by atoms with Crippen molar-refractivity contribution < 1.29 is 9.18 Å². The average molecular weight is 392 g/mol. The molecule has 29 heavy (non-hydrogen) atoms. The maximum absolute atomic E-state index is 13.3. The number of halogens is 1. The second kappa shape index (κ2) is 7.25. The molecule has 2 aliphatic rings. The predicted octanol–water partition coefficient (Wildman–Crippen LogP) is 4.46. The Hall–Kier alpha value is -2.76. The number of hydrogen-bond acceptors (Lipinski definition) is 3. The molecule has 5 rings (SSSR count). The summed E-state index contributed by atoms with van der Waals surface area (Å²) in [5, 5.41) is 8.48. The van der Waals surface area contributed by atoms with Gasteiger partial charge >= 0.3 is 0 Å². The highest BCUT2D eigenvalue weighted by atomic mass is 19.1. The van der Waals surface area contributed by atoms with Gasteiger partial charge < -0.3 is 4.90 Å². The number of aromatic nitrogens is 3. The molecule has 0 aliphatic carbocycles. The molecular formula is C23H25FN4O. The maximum Gasteiger partial charge on any atom is 0.225 e. The van der Waals surface area contributed by atoms with Crippen molar-refractivity contribution in [3.63, 3.8) is 0 Å². The van der Waals surface area contributed by atoms with Gasteiger partial charge in [0.25, 0.3) is 0 Å². The lowest BCUT2D eigenvalue weighted by molar-refractivity contribution is -0.136. The van der Waals surface area contributed by atoms with E-state index >= 15 is 0 Å². The summed E-state index contributed by atoms with van der Waals surface area (Å²) in [5.74, 6) is 0.426. The molecule has 5 nitrogen and oxygen atoms in total. The van der Waals surface area contributed by atoms with Crippen LogP contribution >= 0.6 is 0 Å². The van der Waals surface area contributed by atoms with Gasteiger partial charge in [-0.1, -0.05) is 29.5 Å². The van der Waals surface area contributed by atoms with Crippen LogP contribution in [0.25, 0.3) is 11.0 Å². The van der Waals surface area contributed by atoms with Crippen LogP contribution in [0.15, 0.2) is 48.5 Å². The fraction of sp³-hybridized carbons (Fsp3) is 0.435. The van der Waals surface area contributed by atoms with Crippen molar-refractivity contribution in [3.8, 4) is 0 Å². The molecule has 1 amide bonds. The number of rotatable bonds is 4. The molecule has 0 saturated carbocycles. The third-order valence-corrected chi connectivity index (χ3v) is 6.63. The van der Waals surface area contributed by atoms with E-state index in [1.54, 1.807) is 12.1 Å². The van der Waals surface area contributed by atoms with E-state index in [1.807, 2.05) is 48.0 Å². The normalized spacial score (nSPS) is 24.8. The van der Waals surface area contributed by atoms with Crippen molar-refractivity contribution in [2.24, 2.45) is 0 Å². The Labute approximate surface area is 169 Å². The second-order valence-electron chi connectivity index (χ2n) is 8.48. The smallest absolute Gasteiger partial charge is 0.225 e. The molecule has 0 radical (unpaired) electrons. The number of carbonyl (C=O) groups excluding carboxylic acids is 1. The number of fused-ring (bicyclic) bond motifs is 3. The Morgan fingerprint density at radius 3 is 2.52 bits per heavy atom. The largest absolute Gasteiger partial charge is 0.337 e. The lowest BCUT2D eigenvalue weighted by Gasteiger charge is -2.39. The average Bonchev–Trinajstić information content (AvgIpc) is 3.27. The van der Waals surface area contributed by atoms with Crippen molar-refractivity contribution in [2.75, 3.05) is 0 Å². The molecule has 0 spiro atoms. The topological polar surface area (TPSA) is 51.0 Å². The zero-order chi connectivity index (χ0) is 20.0. The minimum absolute atomic E-state index is 0.0378. The minimum Gasteiger partial charge on any atom is -0.337 e. The molecule has 3 heterocycles. The van der Waals surface area contributed by atoms with Crippen LogP contribution in [-0.2, 0) is 4.79 Å². The van der Waals surface area contributed by atoms with E-state index in [2.05, 4.69) is 15.2 Å². The van der Waals surface area contributed by atoms with Gasteiger partial charge in [-0.3, -0.25) is 4.79 Å². The number of nitrogens with zero attached hydrogens (tertiary/aromatic N) is 4. The Morgan fingerprint density at radius 1 is 1.10 bits per heavy atom. The lowest BCUT2D eigenvalue weighted by Crippen LogP contribution is -2.46. The van der Waals surface area contributed by atoms with Gasteiger partial charge in [0.15, 0.2) is 0 Å². The maximum atomic E-state index is 13.3. The molecule has 1 aromatic heterocycles. The van der Waals surface area contributed by atoms with Crippen LogP contribution in [0.5, 0.6) is 0 Å². The summed E-state index contributed by atoms with van der Waals surface area (Å²) in [4.78, 5) is 15.3. The third kappa shape index (κ3) is 3.30. The van der Waals surface area contributed by atoms with Gasteiger partial charge in [0.1, 0.15) is 11.3 Å². The van der Waals surface area contributed by atoms with Crippen molar-refractivity contribution in [2.45, 2.75) is 63.1 Å². The first kappa shape index (κ1) is 18.3. The van der Waals surface area contributed by atoms with E-state index < -0.39 is 0 Å². The molecule has 2 aliphatic heterocycles. The van der Waals surface area contributed by atoms with Crippen molar-refractivity contribution >= 4 is 16.9 Å². The molecule has 6 heteroatoms. The Kier molecular flexibility index (Phi) is 4.57. The molecule has 3 atom stereocenters. The van der Waals surface area contributed by atoms with Crippen LogP contribution in [-0.4, -0.2) is 37.9 Å². The molecule has 2 aromatic carbocycles. The highest BCUT2D eigenvalue weighted by molar-refractivity contribution is 5.79. The van der Waals surface area contributed by atoms with Gasteiger partial charge in [0.2, 0.25) is 5.91 Å². The van der Waals surface area contributed by atoms with Gasteiger partial charge in [-0.25, -0.2) is 9.07 Å². The minimum atomic E-state index is -0.195. The SMILES string of the molecule is CC(CC(=O)N1C2CCC1CC(c1ccc(F)cc1)C2)n1nnc2ccccc21. The van der Waals surface area contributed by atoms with E-state index in [1.165, 1.54) is 5.56 Å². The number of amides is 1. The first-order valence-electron chi connectivity index (χ1n) is 10.5. The van der Waals surface area contributed by atoms with Gasteiger partial charge in [-0.05, 0) is 68.4 Å². The van der Waals surface area contributed by atoms with Crippen LogP contribution in [0.2, 0.25) is 0 Å². The van der Waals surface area contributed by atoms with Gasteiger partial charge in [0.05, 0.1) is 11.6 Å². The molecule has 150 valence electrons. The van der Waals surface area contributed by atoms with E-state index in [0.717, 1.165) is 36.7 Å². The number of benzene rings is 2. The zero-order valence-electron chi connectivity index (χ0n) is 16.5. The zero-order valence-corrected chi connectivity index (χ0v) is 16.5. The third-order valence-electron chi connectivity index (χ3n) is 6.63. The Balaban J connectivity index is 1.29. The predicted molar refractivity (Wildman–Crippen MR) is 109 cm³/mol. The first-order valence-corrected chi connectivity index (χ1v) is 10.5. The molecule has 2 fully saturated rings. The summed E-state index contributed by atoms with van der Waals surface area (Å²) in [6.45, 7) is 2.03. The summed E-state index contributed by atoms with van der Waals surface area (Å²) in [5.41, 5.74) is 3.01. The van der Waals surface area contributed by atoms with Crippen molar-refractivity contribution in [1.82, 2.24) is 19.9 Å².